The Morgan fingerprint density at radius 3 is 2.39 bits per heavy atom. The van der Waals surface area contributed by atoms with E-state index in [0.717, 1.165) is 17.5 Å². The lowest BCUT2D eigenvalue weighted by molar-refractivity contribution is 0.628. The van der Waals surface area contributed by atoms with Crippen molar-refractivity contribution in [3.8, 4) is 11.1 Å². The van der Waals surface area contributed by atoms with Crippen LogP contribution in [-0.4, -0.2) is 6.54 Å². The maximum absolute atomic E-state index is 13.2. The van der Waals surface area contributed by atoms with Crippen LogP contribution in [0.15, 0.2) is 48.5 Å². The molecule has 2 heteroatoms. The van der Waals surface area contributed by atoms with Crippen LogP contribution in [-0.2, 0) is 0 Å². The number of hydrogen-bond acceptors (Lipinski definition) is 1. The van der Waals surface area contributed by atoms with E-state index in [0.29, 0.717) is 12.5 Å². The quantitative estimate of drug-likeness (QED) is 0.864. The van der Waals surface area contributed by atoms with Crippen molar-refractivity contribution >= 4 is 0 Å². The van der Waals surface area contributed by atoms with Crippen molar-refractivity contribution in [2.45, 2.75) is 19.3 Å². The van der Waals surface area contributed by atoms with Gasteiger partial charge in [0.15, 0.2) is 0 Å². The Bertz CT molecular complexity index is 522. The molecule has 0 aliphatic rings. The lowest BCUT2D eigenvalue weighted by atomic mass is 9.94. The van der Waals surface area contributed by atoms with E-state index >= 15 is 0 Å². The van der Waals surface area contributed by atoms with E-state index in [4.69, 9.17) is 5.73 Å². The third-order valence-corrected chi connectivity index (χ3v) is 3.21. The highest BCUT2D eigenvalue weighted by atomic mass is 19.1. The number of nitrogens with two attached hydrogens (primary N) is 1. The molecule has 2 N–H and O–H groups in total. The van der Waals surface area contributed by atoms with Crippen LogP contribution in [0.3, 0.4) is 0 Å². The Hall–Kier alpha value is -1.67. The molecular weight excluding hydrogens is 225 g/mol. The average molecular weight is 243 g/mol. The van der Waals surface area contributed by atoms with Crippen LogP contribution in [0.2, 0.25) is 0 Å². The largest absolute Gasteiger partial charge is 0.330 e. The minimum absolute atomic E-state index is 0.201. The molecule has 0 aliphatic heterocycles. The van der Waals surface area contributed by atoms with Crippen LogP contribution in [0.5, 0.6) is 0 Å². The van der Waals surface area contributed by atoms with Crippen molar-refractivity contribution < 1.29 is 4.39 Å². The molecule has 2 aromatic rings. The normalized spacial score (nSPS) is 12.4. The predicted molar refractivity (Wildman–Crippen MR) is 73.9 cm³/mol. The first-order valence-corrected chi connectivity index (χ1v) is 6.26. The van der Waals surface area contributed by atoms with Crippen molar-refractivity contribution in [2.24, 2.45) is 5.73 Å². The summed E-state index contributed by atoms with van der Waals surface area (Å²) in [5, 5.41) is 0. The van der Waals surface area contributed by atoms with Gasteiger partial charge in [-0.2, -0.15) is 0 Å². The molecule has 0 amide bonds. The highest BCUT2D eigenvalue weighted by Gasteiger charge is 2.06. The summed E-state index contributed by atoms with van der Waals surface area (Å²) in [5.41, 5.74) is 8.80. The van der Waals surface area contributed by atoms with E-state index in [1.807, 2.05) is 18.2 Å². The zero-order valence-electron chi connectivity index (χ0n) is 10.6. The molecule has 0 aliphatic carbocycles. The minimum atomic E-state index is -0.201. The van der Waals surface area contributed by atoms with Crippen molar-refractivity contribution in [3.05, 3.63) is 59.9 Å². The van der Waals surface area contributed by atoms with Gasteiger partial charge in [-0.15, -0.1) is 0 Å². The Morgan fingerprint density at radius 1 is 1.06 bits per heavy atom. The second-order valence-electron chi connectivity index (χ2n) is 4.61. The summed E-state index contributed by atoms with van der Waals surface area (Å²) >= 11 is 0. The molecule has 0 radical (unpaired) electrons. The highest BCUT2D eigenvalue weighted by Crippen LogP contribution is 2.25. The van der Waals surface area contributed by atoms with Gasteiger partial charge in [0.1, 0.15) is 5.82 Å². The number of hydrogen-bond donors (Lipinski definition) is 1. The van der Waals surface area contributed by atoms with Crippen molar-refractivity contribution in [1.29, 1.82) is 0 Å². The molecule has 2 rings (SSSR count). The van der Waals surface area contributed by atoms with Gasteiger partial charge < -0.3 is 5.73 Å². The van der Waals surface area contributed by atoms with Gasteiger partial charge in [-0.25, -0.2) is 4.39 Å². The monoisotopic (exact) mass is 243 g/mol. The topological polar surface area (TPSA) is 26.0 Å². The zero-order chi connectivity index (χ0) is 13.0. The van der Waals surface area contributed by atoms with Gasteiger partial charge in [0.2, 0.25) is 0 Å². The fraction of sp³-hybridized carbons (Fsp3) is 0.250. The molecule has 0 heterocycles. The average Bonchev–Trinajstić information content (AvgIpc) is 2.39. The minimum Gasteiger partial charge on any atom is -0.330 e. The first kappa shape index (κ1) is 12.8. The molecule has 94 valence electrons. The second kappa shape index (κ2) is 5.78. The third-order valence-electron chi connectivity index (χ3n) is 3.21. The Balaban J connectivity index is 2.32. The summed E-state index contributed by atoms with van der Waals surface area (Å²) in [6.45, 7) is 2.85. The Morgan fingerprint density at radius 2 is 1.72 bits per heavy atom. The maximum atomic E-state index is 13.2. The van der Waals surface area contributed by atoms with E-state index < -0.39 is 0 Å². The third kappa shape index (κ3) is 2.96. The smallest absolute Gasteiger partial charge is 0.123 e. The Kier molecular flexibility index (Phi) is 4.11. The fourth-order valence-corrected chi connectivity index (χ4v) is 2.11. The number of rotatable bonds is 4. The van der Waals surface area contributed by atoms with Crippen molar-refractivity contribution in [3.63, 3.8) is 0 Å². The van der Waals surface area contributed by atoms with Gasteiger partial charge in [-0.05, 0) is 47.7 Å². The molecule has 0 aromatic heterocycles. The maximum Gasteiger partial charge on any atom is 0.123 e. The second-order valence-corrected chi connectivity index (χ2v) is 4.61. The van der Waals surface area contributed by atoms with Gasteiger partial charge in [0.05, 0.1) is 0 Å². The fourth-order valence-electron chi connectivity index (χ4n) is 2.11. The molecule has 0 saturated carbocycles. The van der Waals surface area contributed by atoms with E-state index in [-0.39, 0.29) is 5.82 Å². The molecule has 0 fully saturated rings. The van der Waals surface area contributed by atoms with Gasteiger partial charge >= 0.3 is 0 Å². The van der Waals surface area contributed by atoms with Crippen LogP contribution in [0.4, 0.5) is 4.39 Å². The lowest BCUT2D eigenvalue weighted by Gasteiger charge is -2.12. The first-order chi connectivity index (χ1) is 8.70. The summed E-state index contributed by atoms with van der Waals surface area (Å²) in [4.78, 5) is 0. The standard InChI is InChI=1S/C16H18FN/c1-12(8-9-18)13-4-2-5-14(10-13)15-6-3-7-16(17)11-15/h2-7,10-12H,8-9,18H2,1H3. The van der Waals surface area contributed by atoms with Gasteiger partial charge in [-0.3, -0.25) is 0 Å². The molecule has 1 atom stereocenters. The molecule has 18 heavy (non-hydrogen) atoms. The van der Waals surface area contributed by atoms with Crippen molar-refractivity contribution in [1.82, 2.24) is 0 Å². The molecule has 0 bridgehead atoms. The molecule has 0 spiro atoms. The van der Waals surface area contributed by atoms with Gasteiger partial charge in [0.25, 0.3) is 0 Å². The molecule has 1 unspecified atom stereocenters. The summed E-state index contributed by atoms with van der Waals surface area (Å²) in [6.07, 6.45) is 0.965. The summed E-state index contributed by atoms with van der Waals surface area (Å²) in [6, 6.07) is 14.9. The molecule has 2 aromatic carbocycles. The predicted octanol–water partition coefficient (Wildman–Crippen LogP) is 3.95. The SMILES string of the molecule is CC(CCN)c1cccc(-c2cccc(F)c2)c1. The first-order valence-electron chi connectivity index (χ1n) is 6.26. The van der Waals surface area contributed by atoms with Crippen molar-refractivity contribution in [2.75, 3.05) is 6.54 Å². The molecule has 0 saturated heterocycles. The Labute approximate surface area is 107 Å². The summed E-state index contributed by atoms with van der Waals surface area (Å²) in [7, 11) is 0. The van der Waals surface area contributed by atoms with E-state index in [9.17, 15) is 4.39 Å². The summed E-state index contributed by atoms with van der Waals surface area (Å²) in [5.74, 6) is 0.233. The van der Waals surface area contributed by atoms with Crippen LogP contribution in [0, 0.1) is 5.82 Å². The van der Waals surface area contributed by atoms with Crippen LogP contribution < -0.4 is 5.73 Å². The van der Waals surface area contributed by atoms with Gasteiger partial charge in [0, 0.05) is 0 Å². The summed E-state index contributed by atoms with van der Waals surface area (Å²) < 4.78 is 13.2. The van der Waals surface area contributed by atoms with Gasteiger partial charge in [-0.1, -0.05) is 43.3 Å². The van der Waals surface area contributed by atoms with E-state index in [1.165, 1.54) is 11.6 Å². The number of benzene rings is 2. The lowest BCUT2D eigenvalue weighted by Crippen LogP contribution is -2.04. The highest BCUT2D eigenvalue weighted by molar-refractivity contribution is 5.64. The van der Waals surface area contributed by atoms with Crippen LogP contribution >= 0.6 is 0 Å². The van der Waals surface area contributed by atoms with E-state index in [1.54, 1.807) is 12.1 Å². The number of halogens is 1. The zero-order valence-corrected chi connectivity index (χ0v) is 10.6. The van der Waals surface area contributed by atoms with Crippen LogP contribution in [0.25, 0.3) is 11.1 Å². The molecule has 1 nitrogen and oxygen atoms in total. The van der Waals surface area contributed by atoms with E-state index in [2.05, 4.69) is 19.1 Å². The molecular formula is C16H18FN. The van der Waals surface area contributed by atoms with Crippen LogP contribution in [0.1, 0.15) is 24.8 Å².